The maximum atomic E-state index is 14.4. The molecule has 0 saturated carbocycles. The fraction of sp³-hybridized carbons (Fsp3) is 0.417. The summed E-state index contributed by atoms with van der Waals surface area (Å²) in [5, 5.41) is 15.1. The summed E-state index contributed by atoms with van der Waals surface area (Å²) >= 11 is 6.33. The summed E-state index contributed by atoms with van der Waals surface area (Å²) in [6.07, 6.45) is 12.4. The molecule has 2 atom stereocenters. The Morgan fingerprint density at radius 2 is 1.97 bits per heavy atom. The summed E-state index contributed by atoms with van der Waals surface area (Å²) in [5.41, 5.74) is 2.56. The zero-order valence-electron chi connectivity index (χ0n) is 17.4. The van der Waals surface area contributed by atoms with Gasteiger partial charge in [0.15, 0.2) is 17.2 Å². The van der Waals surface area contributed by atoms with Crippen molar-refractivity contribution in [2.75, 3.05) is 38.1 Å². The maximum Gasteiger partial charge on any atom is 0.199 e. The van der Waals surface area contributed by atoms with Gasteiger partial charge in [0, 0.05) is 25.0 Å². The van der Waals surface area contributed by atoms with Crippen molar-refractivity contribution >= 4 is 17.3 Å². The minimum Gasteiger partial charge on any atom is -0.627 e. The fourth-order valence-electron chi connectivity index (χ4n) is 5.03. The molecule has 5 rings (SSSR count). The van der Waals surface area contributed by atoms with E-state index in [0.717, 1.165) is 43.1 Å². The van der Waals surface area contributed by atoms with Crippen LogP contribution in [0.3, 0.4) is 0 Å². The third-order valence-corrected chi connectivity index (χ3v) is 6.85. The van der Waals surface area contributed by atoms with E-state index in [1.165, 1.54) is 19.3 Å². The Bertz CT molecular complexity index is 961. The van der Waals surface area contributed by atoms with E-state index in [9.17, 15) is 5.21 Å². The number of anilines is 1. The van der Waals surface area contributed by atoms with Gasteiger partial charge in [-0.2, -0.15) is 0 Å². The number of hydrogen-bond donors (Lipinski definition) is 0. The normalized spacial score (nSPS) is 28.2. The number of piperidine rings is 1. The highest BCUT2D eigenvalue weighted by Crippen LogP contribution is 2.47. The van der Waals surface area contributed by atoms with Crippen LogP contribution in [0.15, 0.2) is 70.8 Å². The zero-order valence-corrected chi connectivity index (χ0v) is 18.1. The summed E-state index contributed by atoms with van der Waals surface area (Å²) in [5.74, 6) is 1.45. The first kappa shape index (κ1) is 19.9. The lowest BCUT2D eigenvalue weighted by Crippen LogP contribution is -2.48. The predicted octanol–water partition coefficient (Wildman–Crippen LogP) is 4.88. The van der Waals surface area contributed by atoms with Crippen molar-refractivity contribution in [2.24, 2.45) is 0 Å². The van der Waals surface area contributed by atoms with Crippen LogP contribution in [0.2, 0.25) is 0 Å². The molecule has 1 fully saturated rings. The minimum atomic E-state index is -0.447. The Hall–Kier alpha value is -2.05. The number of fused-ring (bicyclic) bond motifs is 3. The second-order valence-electron chi connectivity index (χ2n) is 8.58. The third kappa shape index (κ3) is 3.40. The molecule has 30 heavy (non-hydrogen) atoms. The van der Waals surface area contributed by atoms with Crippen LogP contribution in [0.5, 0.6) is 5.75 Å². The van der Waals surface area contributed by atoms with Gasteiger partial charge in [-0.15, -0.1) is 0 Å². The van der Waals surface area contributed by atoms with Crippen molar-refractivity contribution in [2.45, 2.75) is 31.7 Å². The first-order valence-corrected chi connectivity index (χ1v) is 11.3. The summed E-state index contributed by atoms with van der Waals surface area (Å²) < 4.78 is 5.92. The van der Waals surface area contributed by atoms with E-state index >= 15 is 0 Å². The molecule has 3 heterocycles. The van der Waals surface area contributed by atoms with Gasteiger partial charge >= 0.3 is 0 Å². The quantitative estimate of drug-likeness (QED) is 0.509. The lowest BCUT2D eigenvalue weighted by molar-refractivity contribution is -0.849. The van der Waals surface area contributed by atoms with Crippen LogP contribution < -0.4 is 9.64 Å². The molecular formula is C24H28ClN3O2. The van der Waals surface area contributed by atoms with Crippen molar-refractivity contribution in [3.8, 4) is 5.75 Å². The van der Waals surface area contributed by atoms with E-state index in [1.54, 1.807) is 0 Å². The minimum absolute atomic E-state index is 0.358. The van der Waals surface area contributed by atoms with Crippen molar-refractivity contribution < 1.29 is 9.38 Å². The molecule has 1 aliphatic carbocycles. The molecule has 158 valence electrons. The van der Waals surface area contributed by atoms with Gasteiger partial charge in [-0.05, 0) is 56.3 Å². The maximum absolute atomic E-state index is 14.4. The van der Waals surface area contributed by atoms with Crippen molar-refractivity contribution in [1.82, 2.24) is 4.90 Å². The average Bonchev–Trinajstić information content (AvgIpc) is 2.87. The molecule has 6 heteroatoms. The number of quaternary nitrogens is 1. The lowest BCUT2D eigenvalue weighted by atomic mass is 10.0. The number of likely N-dealkylation sites (tertiary alicyclic amines) is 1. The molecule has 5 nitrogen and oxygen atoms in total. The van der Waals surface area contributed by atoms with Crippen LogP contribution in [0.4, 0.5) is 5.69 Å². The Morgan fingerprint density at radius 1 is 1.17 bits per heavy atom. The number of nitrogens with zero attached hydrogens (tertiary/aromatic N) is 3. The summed E-state index contributed by atoms with van der Waals surface area (Å²) in [6.45, 7) is 3.77. The fourth-order valence-corrected chi connectivity index (χ4v) is 5.21. The molecule has 1 aromatic carbocycles. The first-order valence-electron chi connectivity index (χ1n) is 10.9. The van der Waals surface area contributed by atoms with E-state index in [4.69, 9.17) is 16.3 Å². The van der Waals surface area contributed by atoms with Crippen molar-refractivity contribution in [1.29, 1.82) is 0 Å². The highest BCUT2D eigenvalue weighted by atomic mass is 35.5. The number of rotatable bonds is 4. The first-order chi connectivity index (χ1) is 14.6. The average molecular weight is 426 g/mol. The largest absolute Gasteiger partial charge is 0.627 e. The molecule has 0 aromatic heterocycles. The van der Waals surface area contributed by atoms with Gasteiger partial charge in [-0.25, -0.2) is 0 Å². The van der Waals surface area contributed by atoms with Gasteiger partial charge in [-0.3, -0.25) is 0 Å². The molecule has 0 radical (unpaired) electrons. The highest BCUT2D eigenvalue weighted by molar-refractivity contribution is 6.31. The number of hydroxylamine groups is 3. The second-order valence-corrected chi connectivity index (χ2v) is 9.02. The van der Waals surface area contributed by atoms with E-state index in [1.807, 2.05) is 60.6 Å². The summed E-state index contributed by atoms with van der Waals surface area (Å²) in [6, 6.07) is 7.55. The molecule has 0 N–H and O–H groups in total. The number of halogens is 1. The van der Waals surface area contributed by atoms with Crippen LogP contribution in [-0.2, 0) is 0 Å². The molecule has 1 aromatic rings. The van der Waals surface area contributed by atoms with Gasteiger partial charge in [-0.1, -0.05) is 30.2 Å². The molecule has 3 aliphatic heterocycles. The Morgan fingerprint density at radius 3 is 2.80 bits per heavy atom. The van der Waals surface area contributed by atoms with E-state index < -0.39 is 4.65 Å². The van der Waals surface area contributed by atoms with Gasteiger partial charge in [0.05, 0.1) is 24.0 Å². The second kappa shape index (κ2) is 7.89. The van der Waals surface area contributed by atoms with Crippen LogP contribution in [-0.4, -0.2) is 48.8 Å². The predicted molar refractivity (Wildman–Crippen MR) is 121 cm³/mol. The van der Waals surface area contributed by atoms with E-state index in [2.05, 4.69) is 4.90 Å². The van der Waals surface area contributed by atoms with Crippen molar-refractivity contribution in [3.63, 3.8) is 0 Å². The lowest BCUT2D eigenvalue weighted by Gasteiger charge is -2.45. The van der Waals surface area contributed by atoms with Crippen LogP contribution in [0, 0.1) is 5.21 Å². The van der Waals surface area contributed by atoms with Crippen LogP contribution >= 0.6 is 11.6 Å². The number of allylic oxidation sites excluding steroid dienone is 2. The number of ether oxygens (including phenoxy) is 1. The molecule has 2 unspecified atom stereocenters. The number of hydrogen-bond acceptors (Lipinski definition) is 4. The molecule has 0 bridgehead atoms. The van der Waals surface area contributed by atoms with Gasteiger partial charge < -0.3 is 24.4 Å². The van der Waals surface area contributed by atoms with Gasteiger partial charge in [0.25, 0.3) is 0 Å². The number of benzene rings is 1. The SMILES string of the molecule is CN1C=C2C(=C3C=CC(Cl)=CC3[N+]2([O-])CCCN2CCCCC2)Oc2ccccc21. The molecule has 0 spiro atoms. The Labute approximate surface area is 183 Å². The van der Waals surface area contributed by atoms with Crippen molar-refractivity contribution in [3.05, 3.63) is 76.0 Å². The van der Waals surface area contributed by atoms with Gasteiger partial charge in [0.1, 0.15) is 6.04 Å². The Kier molecular flexibility index (Phi) is 5.23. The van der Waals surface area contributed by atoms with Gasteiger partial charge in [0.2, 0.25) is 0 Å². The third-order valence-electron chi connectivity index (χ3n) is 6.60. The smallest absolute Gasteiger partial charge is 0.199 e. The molecule has 1 saturated heterocycles. The monoisotopic (exact) mass is 425 g/mol. The standard InChI is InChI=1S/C24H28ClN3O2/c1-26-17-22-24(30-23-9-4-3-8-20(23)26)19-11-10-18(25)16-21(19)28(22,29)15-7-14-27-12-5-2-6-13-27/h3-4,8-11,16-17,21H,2,5-7,12-15H2,1H3. The molecule has 0 amide bonds. The zero-order chi connectivity index (χ0) is 20.7. The van der Waals surface area contributed by atoms with E-state index in [0.29, 0.717) is 23.0 Å². The number of para-hydroxylation sites is 2. The topological polar surface area (TPSA) is 38.8 Å². The molecular weight excluding hydrogens is 398 g/mol. The summed E-state index contributed by atoms with van der Waals surface area (Å²) in [7, 11) is 1.97. The van der Waals surface area contributed by atoms with Crippen LogP contribution in [0.1, 0.15) is 25.7 Å². The van der Waals surface area contributed by atoms with Crippen LogP contribution in [0.25, 0.3) is 0 Å². The summed E-state index contributed by atoms with van der Waals surface area (Å²) in [4.78, 5) is 4.49. The Balaban J connectivity index is 1.48. The highest BCUT2D eigenvalue weighted by Gasteiger charge is 2.48. The molecule has 4 aliphatic rings. The van der Waals surface area contributed by atoms with E-state index in [-0.39, 0.29) is 6.04 Å².